The van der Waals surface area contributed by atoms with Gasteiger partial charge in [0.2, 0.25) is 0 Å². The van der Waals surface area contributed by atoms with Crippen molar-refractivity contribution in [2.24, 2.45) is 5.92 Å². The summed E-state index contributed by atoms with van der Waals surface area (Å²) in [4.78, 5) is 17.1. The van der Waals surface area contributed by atoms with Crippen LogP contribution in [0.25, 0.3) is 0 Å². The maximum atomic E-state index is 12.7. The van der Waals surface area contributed by atoms with E-state index in [0.717, 1.165) is 39.1 Å². The van der Waals surface area contributed by atoms with Gasteiger partial charge in [-0.05, 0) is 30.7 Å². The molecule has 1 aromatic rings. The maximum Gasteiger partial charge on any atom is 1.00 e. The Morgan fingerprint density at radius 3 is 2.38 bits per heavy atom. The molecule has 0 radical (unpaired) electrons. The molecule has 3 rings (SSSR count). The first-order valence-corrected chi connectivity index (χ1v) is 10.1. The Labute approximate surface area is 172 Å². The molecule has 0 aromatic heterocycles. The Hall–Kier alpha value is -0.953. The van der Waals surface area contributed by atoms with Crippen molar-refractivity contribution >= 4 is 6.03 Å². The van der Waals surface area contributed by atoms with Gasteiger partial charge >= 0.3 is 24.9 Å². The van der Waals surface area contributed by atoms with Crippen LogP contribution < -0.4 is 24.2 Å². The third kappa shape index (κ3) is 6.05. The van der Waals surface area contributed by atoms with Gasteiger partial charge in [-0.3, -0.25) is 4.90 Å². The van der Waals surface area contributed by atoms with Crippen LogP contribution >= 0.6 is 0 Å². The molecule has 1 aliphatic carbocycles. The SMILES string of the molecule is CCC(NC(=O)N1CCN(Cc2ccccc2)CC1)C1CCCCC1.[H-].[Li+]. The van der Waals surface area contributed by atoms with Crippen molar-refractivity contribution < 1.29 is 25.1 Å². The summed E-state index contributed by atoms with van der Waals surface area (Å²) in [6.07, 6.45) is 7.63. The van der Waals surface area contributed by atoms with Gasteiger partial charge in [-0.1, -0.05) is 56.5 Å². The van der Waals surface area contributed by atoms with Crippen LogP contribution in [0.4, 0.5) is 4.79 Å². The van der Waals surface area contributed by atoms with E-state index in [-0.39, 0.29) is 26.3 Å². The molecule has 2 amide bonds. The van der Waals surface area contributed by atoms with Crippen LogP contribution in [0.1, 0.15) is 52.4 Å². The Morgan fingerprint density at radius 2 is 1.77 bits per heavy atom. The fourth-order valence-corrected chi connectivity index (χ4v) is 4.29. The minimum absolute atomic E-state index is 0. The Bertz CT molecular complexity index is 531. The summed E-state index contributed by atoms with van der Waals surface area (Å²) in [5, 5.41) is 3.34. The molecule has 1 saturated carbocycles. The van der Waals surface area contributed by atoms with E-state index in [1.54, 1.807) is 0 Å². The van der Waals surface area contributed by atoms with Crippen LogP contribution in [0, 0.1) is 5.92 Å². The zero-order chi connectivity index (χ0) is 17.5. The summed E-state index contributed by atoms with van der Waals surface area (Å²) < 4.78 is 0. The van der Waals surface area contributed by atoms with Crippen molar-refractivity contribution in [1.82, 2.24) is 15.1 Å². The Kier molecular flexibility index (Phi) is 9.05. The number of rotatable bonds is 5. The number of nitrogens with one attached hydrogen (secondary N) is 1. The molecular weight excluding hydrogens is 317 g/mol. The summed E-state index contributed by atoms with van der Waals surface area (Å²) in [6, 6.07) is 11.1. The molecule has 5 heteroatoms. The summed E-state index contributed by atoms with van der Waals surface area (Å²) >= 11 is 0. The summed E-state index contributed by atoms with van der Waals surface area (Å²) in [7, 11) is 0. The normalized spacial score (nSPS) is 20.3. The maximum absolute atomic E-state index is 12.7. The van der Waals surface area contributed by atoms with Crippen molar-refractivity contribution in [2.45, 2.75) is 58.0 Å². The fourth-order valence-electron chi connectivity index (χ4n) is 4.29. The van der Waals surface area contributed by atoms with Gasteiger partial charge < -0.3 is 11.6 Å². The van der Waals surface area contributed by atoms with Gasteiger partial charge in [0.05, 0.1) is 0 Å². The Balaban J connectivity index is 0.00000182. The van der Waals surface area contributed by atoms with E-state index >= 15 is 0 Å². The minimum Gasteiger partial charge on any atom is -1.00 e. The van der Waals surface area contributed by atoms with Gasteiger partial charge in [0.1, 0.15) is 0 Å². The first kappa shape index (κ1) is 21.3. The van der Waals surface area contributed by atoms with Crippen LogP contribution in [-0.4, -0.2) is 48.1 Å². The number of hydrogen-bond acceptors (Lipinski definition) is 2. The first-order chi connectivity index (χ1) is 12.3. The van der Waals surface area contributed by atoms with Gasteiger partial charge in [-0.2, -0.15) is 0 Å². The third-order valence-electron chi connectivity index (χ3n) is 5.88. The molecule has 26 heavy (non-hydrogen) atoms. The standard InChI is InChI=1S/C21H33N3O.Li.H/c1-2-20(19-11-7-4-8-12-19)22-21(25)24-15-13-23(14-16-24)17-18-9-5-3-6-10-18;;/h3,5-6,9-10,19-20H,2,4,7-8,11-17H2,1H3,(H,22,25);;/q;+1;-1. The smallest absolute Gasteiger partial charge is 1.00 e. The minimum atomic E-state index is 0. The molecule has 140 valence electrons. The largest absolute Gasteiger partial charge is 1.00 e. The average molecular weight is 351 g/mol. The van der Waals surface area contributed by atoms with Gasteiger partial charge in [0.15, 0.2) is 0 Å². The number of hydrogen-bond donors (Lipinski definition) is 1. The molecule has 1 atom stereocenters. The molecular formula is C21H34LiN3O. The predicted octanol–water partition coefficient (Wildman–Crippen LogP) is 0.989. The van der Waals surface area contributed by atoms with Gasteiger partial charge in [-0.15, -0.1) is 0 Å². The molecule has 1 N–H and O–H groups in total. The molecule has 1 unspecified atom stereocenters. The second kappa shape index (κ2) is 11.0. The number of nitrogens with zero attached hydrogens (tertiary/aromatic N) is 2. The second-order valence-corrected chi connectivity index (χ2v) is 7.61. The molecule has 1 heterocycles. The van der Waals surface area contributed by atoms with Crippen LogP contribution in [0.2, 0.25) is 0 Å². The molecule has 1 aliphatic heterocycles. The van der Waals surface area contributed by atoms with E-state index in [0.29, 0.717) is 12.0 Å². The average Bonchev–Trinajstić information content (AvgIpc) is 2.68. The molecule has 1 saturated heterocycles. The molecule has 2 aliphatic rings. The number of carbonyl (C=O) groups is 1. The summed E-state index contributed by atoms with van der Waals surface area (Å²) in [6.45, 7) is 6.78. The third-order valence-corrected chi connectivity index (χ3v) is 5.88. The molecule has 0 bridgehead atoms. The van der Waals surface area contributed by atoms with E-state index in [9.17, 15) is 4.79 Å². The van der Waals surface area contributed by atoms with E-state index < -0.39 is 0 Å². The van der Waals surface area contributed by atoms with Crippen molar-refractivity contribution in [3.63, 3.8) is 0 Å². The molecule has 1 aromatic carbocycles. The zero-order valence-corrected chi connectivity index (χ0v) is 16.6. The number of carbonyl (C=O) groups excluding carboxylic acids is 1. The summed E-state index contributed by atoms with van der Waals surface area (Å²) in [5.41, 5.74) is 1.35. The monoisotopic (exact) mass is 351 g/mol. The van der Waals surface area contributed by atoms with Crippen molar-refractivity contribution in [2.75, 3.05) is 26.2 Å². The number of amides is 2. The van der Waals surface area contributed by atoms with E-state index in [1.165, 1.54) is 37.7 Å². The topological polar surface area (TPSA) is 35.6 Å². The molecule has 0 spiro atoms. The van der Waals surface area contributed by atoms with Crippen LogP contribution in [0.3, 0.4) is 0 Å². The number of urea groups is 1. The van der Waals surface area contributed by atoms with Crippen molar-refractivity contribution in [3.8, 4) is 0 Å². The van der Waals surface area contributed by atoms with E-state index in [1.807, 2.05) is 4.90 Å². The van der Waals surface area contributed by atoms with E-state index in [4.69, 9.17) is 0 Å². The Morgan fingerprint density at radius 1 is 1.12 bits per heavy atom. The number of piperazine rings is 1. The second-order valence-electron chi connectivity index (χ2n) is 7.61. The van der Waals surface area contributed by atoms with E-state index in [2.05, 4.69) is 47.5 Å². The van der Waals surface area contributed by atoms with Gasteiger partial charge in [-0.25, -0.2) is 4.79 Å². The summed E-state index contributed by atoms with van der Waals surface area (Å²) in [5.74, 6) is 0.682. The van der Waals surface area contributed by atoms with Crippen molar-refractivity contribution in [1.29, 1.82) is 0 Å². The first-order valence-electron chi connectivity index (χ1n) is 10.1. The van der Waals surface area contributed by atoms with Gasteiger partial charge in [0.25, 0.3) is 0 Å². The van der Waals surface area contributed by atoms with Crippen LogP contribution in [0.5, 0.6) is 0 Å². The van der Waals surface area contributed by atoms with Gasteiger partial charge in [0, 0.05) is 38.8 Å². The molecule has 2 fully saturated rings. The van der Waals surface area contributed by atoms with Crippen LogP contribution in [-0.2, 0) is 6.54 Å². The zero-order valence-electron chi connectivity index (χ0n) is 17.6. The van der Waals surface area contributed by atoms with Crippen molar-refractivity contribution in [3.05, 3.63) is 35.9 Å². The quantitative estimate of drug-likeness (QED) is 0.803. The number of benzene rings is 1. The molecule has 4 nitrogen and oxygen atoms in total. The van der Waals surface area contributed by atoms with Crippen LogP contribution in [0.15, 0.2) is 30.3 Å². The fraction of sp³-hybridized carbons (Fsp3) is 0.667. The predicted molar refractivity (Wildman–Crippen MR) is 104 cm³/mol.